The predicted octanol–water partition coefficient (Wildman–Crippen LogP) is 4.29. The molecule has 0 spiro atoms. The molecule has 0 unspecified atom stereocenters. The lowest BCUT2D eigenvalue weighted by molar-refractivity contribution is -0.118. The molecule has 0 bridgehead atoms. The molecule has 0 aliphatic rings. The van der Waals surface area contributed by atoms with Crippen LogP contribution in [0.1, 0.15) is 0 Å². The summed E-state index contributed by atoms with van der Waals surface area (Å²) in [4.78, 5) is 12.3. The van der Waals surface area contributed by atoms with Crippen molar-refractivity contribution in [2.45, 2.75) is 4.90 Å². The van der Waals surface area contributed by atoms with Crippen LogP contribution in [0.5, 0.6) is 5.75 Å². The van der Waals surface area contributed by atoms with Crippen LogP contribution in [0.2, 0.25) is 0 Å². The summed E-state index contributed by atoms with van der Waals surface area (Å²) in [5.74, 6) is 0.148. The molecular weight excluding hydrogens is 456 g/mol. The first-order valence-corrected chi connectivity index (χ1v) is 10.9. The maximum Gasteiger partial charge on any atom is 0.264 e. The quantitative estimate of drug-likeness (QED) is 0.553. The Labute approximate surface area is 178 Å². The monoisotopic (exact) mass is 474 g/mol. The van der Waals surface area contributed by atoms with E-state index in [0.717, 1.165) is 4.47 Å². The van der Waals surface area contributed by atoms with Gasteiger partial charge in [0.05, 0.1) is 15.1 Å². The van der Waals surface area contributed by atoms with Gasteiger partial charge in [-0.3, -0.25) is 9.10 Å². The molecule has 1 amide bonds. The van der Waals surface area contributed by atoms with Crippen LogP contribution < -0.4 is 14.4 Å². The average molecular weight is 475 g/mol. The third kappa shape index (κ3) is 5.16. The molecule has 0 aliphatic heterocycles. The molecule has 0 fully saturated rings. The molecule has 0 radical (unpaired) electrons. The van der Waals surface area contributed by atoms with Gasteiger partial charge in [-0.25, -0.2) is 8.42 Å². The number of nitrogens with one attached hydrogen (secondary N) is 1. The van der Waals surface area contributed by atoms with Crippen LogP contribution in [-0.2, 0) is 14.8 Å². The van der Waals surface area contributed by atoms with Gasteiger partial charge in [0.1, 0.15) is 5.75 Å². The summed E-state index contributed by atoms with van der Waals surface area (Å²) in [7, 11) is -2.28. The van der Waals surface area contributed by atoms with E-state index in [1.54, 1.807) is 48.5 Å². The highest BCUT2D eigenvalue weighted by molar-refractivity contribution is 9.10. The Hall–Kier alpha value is -2.84. The van der Waals surface area contributed by atoms with E-state index in [9.17, 15) is 13.2 Å². The zero-order valence-corrected chi connectivity index (χ0v) is 18.0. The van der Waals surface area contributed by atoms with Crippen molar-refractivity contribution in [2.75, 3.05) is 23.3 Å². The van der Waals surface area contributed by atoms with Crippen LogP contribution >= 0.6 is 15.9 Å². The fourth-order valence-corrected chi connectivity index (χ4v) is 4.21. The number of ether oxygens (including phenoxy) is 1. The van der Waals surface area contributed by atoms with Gasteiger partial charge in [0.15, 0.2) is 6.61 Å². The van der Waals surface area contributed by atoms with E-state index >= 15 is 0 Å². The molecule has 0 aromatic heterocycles. The van der Waals surface area contributed by atoms with E-state index < -0.39 is 15.9 Å². The van der Waals surface area contributed by atoms with Crippen LogP contribution in [0.25, 0.3) is 0 Å². The summed E-state index contributed by atoms with van der Waals surface area (Å²) in [5, 5.41) is 2.66. The van der Waals surface area contributed by atoms with Crippen molar-refractivity contribution in [1.82, 2.24) is 0 Å². The molecule has 3 aromatic carbocycles. The van der Waals surface area contributed by atoms with Crippen molar-refractivity contribution >= 4 is 43.2 Å². The molecule has 1 N–H and O–H groups in total. The fourth-order valence-electron chi connectivity index (χ4n) is 2.57. The van der Waals surface area contributed by atoms with Crippen LogP contribution in [0, 0.1) is 0 Å². The third-order valence-corrected chi connectivity index (χ3v) is 6.53. The minimum atomic E-state index is -3.77. The van der Waals surface area contributed by atoms with E-state index in [-0.39, 0.29) is 11.5 Å². The maximum atomic E-state index is 12.9. The number of carbonyl (C=O) groups excluding carboxylic acids is 1. The number of carbonyl (C=O) groups is 1. The second-order valence-electron chi connectivity index (χ2n) is 6.10. The Kier molecular flexibility index (Phi) is 6.56. The molecule has 0 saturated carbocycles. The van der Waals surface area contributed by atoms with E-state index in [4.69, 9.17) is 4.74 Å². The van der Waals surface area contributed by atoms with E-state index in [0.29, 0.717) is 17.1 Å². The topological polar surface area (TPSA) is 75.7 Å². The van der Waals surface area contributed by atoms with E-state index in [1.807, 2.05) is 18.2 Å². The molecule has 3 rings (SSSR count). The number of halogens is 1. The molecule has 0 saturated heterocycles. The Morgan fingerprint density at radius 3 is 2.41 bits per heavy atom. The Morgan fingerprint density at radius 1 is 1.00 bits per heavy atom. The molecular formula is C21H19BrN2O4S. The number of hydrogen-bond donors (Lipinski definition) is 1. The Morgan fingerprint density at radius 2 is 1.69 bits per heavy atom. The number of hydrogen-bond acceptors (Lipinski definition) is 4. The number of nitrogens with zero attached hydrogens (tertiary/aromatic N) is 1. The van der Waals surface area contributed by atoms with Crippen molar-refractivity contribution in [2.24, 2.45) is 0 Å². The zero-order chi connectivity index (χ0) is 20.9. The van der Waals surface area contributed by atoms with Crippen LogP contribution in [0.4, 0.5) is 11.4 Å². The number of sulfonamides is 1. The summed E-state index contributed by atoms with van der Waals surface area (Å²) in [5.41, 5.74) is 0.914. The SMILES string of the molecule is CN(c1ccccc1)S(=O)(=O)c1cccc(NC(=O)COc2ccccc2Br)c1. The van der Waals surface area contributed by atoms with Crippen molar-refractivity contribution < 1.29 is 17.9 Å². The summed E-state index contributed by atoms with van der Waals surface area (Å²) in [6, 6.07) is 22.1. The van der Waals surface area contributed by atoms with Crippen molar-refractivity contribution in [3.05, 3.63) is 83.3 Å². The largest absolute Gasteiger partial charge is 0.483 e. The molecule has 8 heteroatoms. The minimum Gasteiger partial charge on any atom is -0.483 e. The second-order valence-corrected chi connectivity index (χ2v) is 8.93. The Bertz CT molecular complexity index is 1100. The predicted molar refractivity (Wildman–Crippen MR) is 117 cm³/mol. The van der Waals surface area contributed by atoms with E-state index in [2.05, 4.69) is 21.2 Å². The summed E-state index contributed by atoms with van der Waals surface area (Å²) in [6.45, 7) is -0.205. The highest BCUT2D eigenvalue weighted by Gasteiger charge is 2.21. The summed E-state index contributed by atoms with van der Waals surface area (Å²) >= 11 is 3.35. The average Bonchev–Trinajstić information content (AvgIpc) is 2.73. The van der Waals surface area contributed by atoms with Gasteiger partial charge < -0.3 is 10.1 Å². The first-order valence-electron chi connectivity index (χ1n) is 8.69. The number of amides is 1. The lowest BCUT2D eigenvalue weighted by atomic mass is 10.3. The van der Waals surface area contributed by atoms with Gasteiger partial charge in [0, 0.05) is 12.7 Å². The van der Waals surface area contributed by atoms with Crippen LogP contribution in [-0.4, -0.2) is 28.0 Å². The van der Waals surface area contributed by atoms with Crippen LogP contribution in [0.15, 0.2) is 88.2 Å². The standard InChI is InChI=1S/C21H19BrN2O4S/c1-24(17-9-3-2-4-10-17)29(26,27)18-11-7-8-16(14-18)23-21(25)15-28-20-13-6-5-12-19(20)22/h2-14H,15H2,1H3,(H,23,25). The minimum absolute atomic E-state index is 0.0772. The summed E-state index contributed by atoms with van der Waals surface area (Å²) < 4.78 is 33.2. The highest BCUT2D eigenvalue weighted by atomic mass is 79.9. The second kappa shape index (κ2) is 9.11. The number of rotatable bonds is 7. The first-order chi connectivity index (χ1) is 13.9. The smallest absolute Gasteiger partial charge is 0.264 e. The van der Waals surface area contributed by atoms with Crippen molar-refractivity contribution in [3.8, 4) is 5.75 Å². The number of benzene rings is 3. The summed E-state index contributed by atoms with van der Waals surface area (Å²) in [6.07, 6.45) is 0. The molecule has 0 heterocycles. The van der Waals surface area contributed by atoms with Crippen molar-refractivity contribution in [3.63, 3.8) is 0 Å². The van der Waals surface area contributed by atoms with Gasteiger partial charge in [0.25, 0.3) is 15.9 Å². The normalized spacial score (nSPS) is 11.0. The molecule has 0 aliphatic carbocycles. The van der Waals surface area contributed by atoms with Gasteiger partial charge in [-0.05, 0) is 58.4 Å². The maximum absolute atomic E-state index is 12.9. The molecule has 150 valence electrons. The lowest BCUT2D eigenvalue weighted by Gasteiger charge is -2.20. The third-order valence-electron chi connectivity index (χ3n) is 4.09. The van der Waals surface area contributed by atoms with Gasteiger partial charge >= 0.3 is 0 Å². The molecule has 6 nitrogen and oxygen atoms in total. The first kappa shape index (κ1) is 20.9. The van der Waals surface area contributed by atoms with Gasteiger partial charge in [-0.15, -0.1) is 0 Å². The molecule has 3 aromatic rings. The molecule has 0 atom stereocenters. The van der Waals surface area contributed by atoms with Gasteiger partial charge in [0.2, 0.25) is 0 Å². The molecule has 29 heavy (non-hydrogen) atoms. The zero-order valence-electron chi connectivity index (χ0n) is 15.6. The van der Waals surface area contributed by atoms with Crippen LogP contribution in [0.3, 0.4) is 0 Å². The number of para-hydroxylation sites is 2. The van der Waals surface area contributed by atoms with E-state index in [1.165, 1.54) is 23.5 Å². The number of anilines is 2. The van der Waals surface area contributed by atoms with Gasteiger partial charge in [-0.2, -0.15) is 0 Å². The van der Waals surface area contributed by atoms with Gasteiger partial charge in [-0.1, -0.05) is 36.4 Å². The Balaban J connectivity index is 1.70. The lowest BCUT2D eigenvalue weighted by Crippen LogP contribution is -2.26. The highest BCUT2D eigenvalue weighted by Crippen LogP contribution is 2.25. The van der Waals surface area contributed by atoms with Crippen molar-refractivity contribution in [1.29, 1.82) is 0 Å². The fraction of sp³-hybridized carbons (Fsp3) is 0.0952.